The van der Waals surface area contributed by atoms with Crippen molar-refractivity contribution < 1.29 is 0 Å². The Balaban J connectivity index is 1.79. The number of anilines is 1. The Bertz CT molecular complexity index is 311. The number of likely N-dealkylation sites (N-methyl/N-ethyl adjacent to an activating group) is 1. The van der Waals surface area contributed by atoms with E-state index in [1.807, 2.05) is 0 Å². The van der Waals surface area contributed by atoms with Gasteiger partial charge in [-0.2, -0.15) is 0 Å². The van der Waals surface area contributed by atoms with Crippen molar-refractivity contribution in [3.05, 3.63) is 3.92 Å². The van der Waals surface area contributed by atoms with Crippen molar-refractivity contribution in [3.63, 3.8) is 0 Å². The molecule has 2 rings (SSSR count). The molecule has 4 nitrogen and oxygen atoms in total. The zero-order valence-electron chi connectivity index (χ0n) is 8.82. The number of hydrogen-bond acceptors (Lipinski definition) is 5. The lowest BCUT2D eigenvalue weighted by Gasteiger charge is -2.20. The number of aromatic nitrogens is 2. The molecule has 2 heterocycles. The molecular weight excluding hydrogens is 276 g/mol. The molecule has 0 spiro atoms. The van der Waals surface area contributed by atoms with E-state index in [0.29, 0.717) is 0 Å². The second kappa shape index (κ2) is 5.23. The number of likely N-dealkylation sites (tertiary alicyclic amines) is 1. The molecule has 0 radical (unpaired) electrons. The molecule has 1 saturated heterocycles. The van der Waals surface area contributed by atoms with Crippen LogP contribution < -0.4 is 4.90 Å². The molecule has 0 aliphatic carbocycles. The summed E-state index contributed by atoms with van der Waals surface area (Å²) in [5.41, 5.74) is 0. The van der Waals surface area contributed by atoms with E-state index in [9.17, 15) is 0 Å². The lowest BCUT2D eigenvalue weighted by molar-refractivity contribution is 0.346. The Kier molecular flexibility index (Phi) is 3.93. The minimum atomic E-state index is 0.852. The van der Waals surface area contributed by atoms with Crippen LogP contribution in [0, 0.1) is 0 Å². The van der Waals surface area contributed by atoms with Gasteiger partial charge in [-0.1, -0.05) is 11.3 Å². The SMILES string of the molecule is CN(CCN1CCCC1)c1nnc(Br)s1. The van der Waals surface area contributed by atoms with Crippen molar-refractivity contribution in [2.45, 2.75) is 12.8 Å². The van der Waals surface area contributed by atoms with Crippen molar-refractivity contribution in [3.8, 4) is 0 Å². The Hall–Kier alpha value is -0.200. The number of rotatable bonds is 4. The highest BCUT2D eigenvalue weighted by Gasteiger charge is 2.13. The van der Waals surface area contributed by atoms with Gasteiger partial charge >= 0.3 is 0 Å². The maximum absolute atomic E-state index is 4.09. The molecule has 15 heavy (non-hydrogen) atoms. The van der Waals surface area contributed by atoms with Crippen LogP contribution in [0.15, 0.2) is 3.92 Å². The molecule has 1 fully saturated rings. The summed E-state index contributed by atoms with van der Waals surface area (Å²) >= 11 is 4.91. The van der Waals surface area contributed by atoms with Gasteiger partial charge in [-0.05, 0) is 41.9 Å². The van der Waals surface area contributed by atoms with Crippen LogP contribution in [0.2, 0.25) is 0 Å². The highest BCUT2D eigenvalue weighted by Crippen LogP contribution is 2.22. The van der Waals surface area contributed by atoms with Crippen LogP contribution in [0.25, 0.3) is 0 Å². The van der Waals surface area contributed by atoms with Gasteiger partial charge in [0.1, 0.15) is 0 Å². The second-order valence-electron chi connectivity index (χ2n) is 3.81. The largest absolute Gasteiger partial charge is 0.348 e. The van der Waals surface area contributed by atoms with Gasteiger partial charge in [0.15, 0.2) is 3.92 Å². The third-order valence-electron chi connectivity index (χ3n) is 2.67. The first-order valence-corrected chi connectivity index (χ1v) is 6.79. The smallest absolute Gasteiger partial charge is 0.208 e. The van der Waals surface area contributed by atoms with Gasteiger partial charge in [0, 0.05) is 20.1 Å². The molecule has 1 aliphatic heterocycles. The van der Waals surface area contributed by atoms with Crippen LogP contribution in [-0.4, -0.2) is 48.3 Å². The first kappa shape index (κ1) is 11.3. The molecular formula is C9H15BrN4S. The van der Waals surface area contributed by atoms with E-state index in [0.717, 1.165) is 22.1 Å². The molecule has 1 aromatic heterocycles. The molecule has 1 aliphatic rings. The predicted molar refractivity (Wildman–Crippen MR) is 66.6 cm³/mol. The lowest BCUT2D eigenvalue weighted by atomic mass is 10.4. The van der Waals surface area contributed by atoms with Crippen molar-refractivity contribution in [1.29, 1.82) is 0 Å². The Morgan fingerprint density at radius 1 is 1.40 bits per heavy atom. The van der Waals surface area contributed by atoms with Crippen LogP contribution in [0.4, 0.5) is 5.13 Å². The molecule has 0 atom stereocenters. The molecule has 84 valence electrons. The summed E-state index contributed by atoms with van der Waals surface area (Å²) in [4.78, 5) is 4.67. The Morgan fingerprint density at radius 2 is 2.13 bits per heavy atom. The monoisotopic (exact) mass is 290 g/mol. The third kappa shape index (κ3) is 3.12. The summed E-state index contributed by atoms with van der Waals surface area (Å²) in [7, 11) is 2.07. The molecule has 0 bridgehead atoms. The normalized spacial score (nSPS) is 17.2. The molecule has 0 N–H and O–H groups in total. The molecule has 0 unspecified atom stereocenters. The van der Waals surface area contributed by atoms with Gasteiger partial charge in [0.05, 0.1) is 0 Å². The first-order chi connectivity index (χ1) is 7.25. The highest BCUT2D eigenvalue weighted by molar-refractivity contribution is 9.11. The van der Waals surface area contributed by atoms with E-state index in [1.165, 1.54) is 25.9 Å². The predicted octanol–water partition coefficient (Wildman–Crippen LogP) is 1.83. The lowest BCUT2D eigenvalue weighted by Crippen LogP contribution is -2.31. The fraction of sp³-hybridized carbons (Fsp3) is 0.778. The molecule has 6 heteroatoms. The molecule has 0 saturated carbocycles. The van der Waals surface area contributed by atoms with Gasteiger partial charge in [0.2, 0.25) is 5.13 Å². The maximum Gasteiger partial charge on any atom is 0.208 e. The van der Waals surface area contributed by atoms with Crippen molar-refractivity contribution in [2.75, 3.05) is 38.1 Å². The van der Waals surface area contributed by atoms with Crippen LogP contribution in [0.1, 0.15) is 12.8 Å². The van der Waals surface area contributed by atoms with E-state index in [2.05, 4.69) is 43.0 Å². The minimum Gasteiger partial charge on any atom is -0.348 e. The van der Waals surface area contributed by atoms with Crippen LogP contribution in [0.5, 0.6) is 0 Å². The maximum atomic E-state index is 4.09. The summed E-state index contributed by atoms with van der Waals surface area (Å²) in [6, 6.07) is 0. The molecule has 0 amide bonds. The van der Waals surface area contributed by atoms with Gasteiger partial charge < -0.3 is 9.80 Å². The van der Waals surface area contributed by atoms with Gasteiger partial charge in [0.25, 0.3) is 0 Å². The van der Waals surface area contributed by atoms with Gasteiger partial charge in [-0.3, -0.25) is 0 Å². The van der Waals surface area contributed by atoms with Crippen LogP contribution in [0.3, 0.4) is 0 Å². The zero-order valence-corrected chi connectivity index (χ0v) is 11.2. The van der Waals surface area contributed by atoms with E-state index < -0.39 is 0 Å². The van der Waals surface area contributed by atoms with Crippen molar-refractivity contribution >= 4 is 32.4 Å². The summed E-state index contributed by atoms with van der Waals surface area (Å²) in [5, 5.41) is 9.02. The molecule has 0 aromatic carbocycles. The third-order valence-corrected chi connectivity index (χ3v) is 4.14. The summed E-state index contributed by atoms with van der Waals surface area (Å²) in [5.74, 6) is 0. The Labute approximate surface area is 102 Å². The van der Waals surface area contributed by atoms with Crippen molar-refractivity contribution in [1.82, 2.24) is 15.1 Å². The van der Waals surface area contributed by atoms with E-state index >= 15 is 0 Å². The number of hydrogen-bond donors (Lipinski definition) is 0. The number of halogens is 1. The summed E-state index contributed by atoms with van der Waals surface area (Å²) in [6.45, 7) is 4.68. The van der Waals surface area contributed by atoms with Crippen LogP contribution >= 0.6 is 27.3 Å². The first-order valence-electron chi connectivity index (χ1n) is 5.18. The summed E-state index contributed by atoms with van der Waals surface area (Å²) < 4.78 is 0.852. The average Bonchev–Trinajstić information content (AvgIpc) is 2.84. The quantitative estimate of drug-likeness (QED) is 0.847. The van der Waals surface area contributed by atoms with E-state index in [1.54, 1.807) is 11.3 Å². The highest BCUT2D eigenvalue weighted by atomic mass is 79.9. The second-order valence-corrected chi connectivity index (χ2v) is 6.04. The zero-order chi connectivity index (χ0) is 10.7. The number of nitrogens with zero attached hydrogens (tertiary/aromatic N) is 4. The van der Waals surface area contributed by atoms with Gasteiger partial charge in [-0.25, -0.2) is 0 Å². The molecule has 1 aromatic rings. The minimum absolute atomic E-state index is 0.852. The fourth-order valence-corrected chi connectivity index (χ4v) is 2.82. The van der Waals surface area contributed by atoms with Gasteiger partial charge in [-0.15, -0.1) is 10.2 Å². The topological polar surface area (TPSA) is 32.3 Å². The van der Waals surface area contributed by atoms with E-state index in [4.69, 9.17) is 0 Å². The Morgan fingerprint density at radius 3 is 2.73 bits per heavy atom. The fourth-order valence-electron chi connectivity index (χ4n) is 1.75. The van der Waals surface area contributed by atoms with Crippen molar-refractivity contribution in [2.24, 2.45) is 0 Å². The van der Waals surface area contributed by atoms with E-state index in [-0.39, 0.29) is 0 Å². The van der Waals surface area contributed by atoms with Crippen LogP contribution in [-0.2, 0) is 0 Å². The average molecular weight is 291 g/mol. The standard InChI is InChI=1S/C9H15BrN4S/c1-13(9-12-11-8(10)15-9)6-7-14-4-2-3-5-14/h2-7H2,1H3. The summed E-state index contributed by atoms with van der Waals surface area (Å²) in [6.07, 6.45) is 2.71.